The Morgan fingerprint density at radius 2 is 1.70 bits per heavy atom. The molecule has 2 heterocycles. The Labute approximate surface area is 295 Å². The first kappa shape index (κ1) is 35.2. The first-order chi connectivity index (χ1) is 24.0. The van der Waals surface area contributed by atoms with Crippen LogP contribution < -0.4 is 15.4 Å². The van der Waals surface area contributed by atoms with Crippen molar-refractivity contribution in [3.8, 4) is 0 Å². The number of hydrogen-bond acceptors (Lipinski definition) is 8. The van der Waals surface area contributed by atoms with Gasteiger partial charge in [0.05, 0.1) is 23.2 Å². The zero-order valence-corrected chi connectivity index (χ0v) is 29.0. The molecular weight excluding hydrogens is 682 g/mol. The van der Waals surface area contributed by atoms with Gasteiger partial charge in [-0.1, -0.05) is 90.8 Å². The van der Waals surface area contributed by atoms with E-state index in [2.05, 4.69) is 20.5 Å². The largest absolute Gasteiger partial charge is 0.387 e. The number of likely N-dealkylation sites (tertiary alicyclic amines) is 1. The van der Waals surface area contributed by atoms with E-state index in [-0.39, 0.29) is 36.7 Å². The van der Waals surface area contributed by atoms with Crippen LogP contribution in [-0.2, 0) is 34.0 Å². The molecule has 0 bridgehead atoms. The number of ketones is 1. The van der Waals surface area contributed by atoms with Crippen molar-refractivity contribution in [2.24, 2.45) is 5.16 Å². The Morgan fingerprint density at radius 3 is 2.36 bits per heavy atom. The van der Waals surface area contributed by atoms with E-state index in [1.165, 1.54) is 17.0 Å². The van der Waals surface area contributed by atoms with E-state index in [0.29, 0.717) is 28.3 Å². The molecule has 3 amide bonds. The van der Waals surface area contributed by atoms with Crippen LogP contribution in [0.15, 0.2) is 95.0 Å². The fourth-order valence-electron chi connectivity index (χ4n) is 6.32. The number of oxime groups is 1. The minimum absolute atomic E-state index is 0.00755. The van der Waals surface area contributed by atoms with E-state index in [9.17, 15) is 27.6 Å². The number of Topliss-reactive ketones (excluding diaryl/α,β-unsaturated/α-hetero) is 1. The molecule has 4 atom stereocenters. The minimum atomic E-state index is -4.20. The summed E-state index contributed by atoms with van der Waals surface area (Å²) < 4.78 is 29.7. The van der Waals surface area contributed by atoms with Crippen molar-refractivity contribution in [1.82, 2.24) is 20.3 Å². The fraction of sp³-hybridized carbons (Fsp3) is 0.361. The molecule has 3 aliphatic rings. The van der Waals surface area contributed by atoms with Crippen LogP contribution in [0.2, 0.25) is 5.02 Å². The van der Waals surface area contributed by atoms with Crippen molar-refractivity contribution in [2.75, 3.05) is 6.54 Å². The van der Waals surface area contributed by atoms with Crippen LogP contribution in [-0.4, -0.2) is 72.8 Å². The first-order valence-corrected chi connectivity index (χ1v) is 18.4. The van der Waals surface area contributed by atoms with Crippen LogP contribution in [0.5, 0.6) is 0 Å². The number of sulfonamides is 1. The summed E-state index contributed by atoms with van der Waals surface area (Å²) in [5.74, 6) is -2.89. The highest BCUT2D eigenvalue weighted by molar-refractivity contribution is 7.89. The number of rotatable bonds is 13. The molecule has 262 valence electrons. The molecule has 3 N–H and O–H groups in total. The predicted molar refractivity (Wildman–Crippen MR) is 185 cm³/mol. The van der Waals surface area contributed by atoms with Crippen molar-refractivity contribution >= 4 is 50.8 Å². The van der Waals surface area contributed by atoms with Crippen LogP contribution >= 0.6 is 11.6 Å². The van der Waals surface area contributed by atoms with Crippen LogP contribution in [0.25, 0.3) is 0 Å². The molecule has 0 aromatic heterocycles. The number of hydrogen-bond donors (Lipinski definition) is 3. The van der Waals surface area contributed by atoms with Crippen molar-refractivity contribution in [3.63, 3.8) is 0 Å². The normalized spacial score (nSPS) is 21.2. The number of nitrogens with one attached hydrogen (secondary N) is 3. The molecule has 2 fully saturated rings. The lowest BCUT2D eigenvalue weighted by Crippen LogP contribution is -2.54. The van der Waals surface area contributed by atoms with Crippen molar-refractivity contribution < 1.29 is 32.4 Å². The topological polar surface area (TPSA) is 163 Å². The summed E-state index contributed by atoms with van der Waals surface area (Å²) in [7, 11) is -4.20. The summed E-state index contributed by atoms with van der Waals surface area (Å²) in [5, 5.41) is 10.2. The maximum absolute atomic E-state index is 14.7. The van der Waals surface area contributed by atoms with Crippen LogP contribution in [0.3, 0.4) is 0 Å². The van der Waals surface area contributed by atoms with E-state index < -0.39 is 57.3 Å². The molecule has 1 saturated carbocycles. The molecule has 1 unspecified atom stereocenters. The minimum Gasteiger partial charge on any atom is -0.387 e. The maximum atomic E-state index is 14.7. The zero-order chi connectivity index (χ0) is 35.5. The molecule has 50 heavy (non-hydrogen) atoms. The van der Waals surface area contributed by atoms with Gasteiger partial charge in [0, 0.05) is 29.5 Å². The first-order valence-electron chi connectivity index (χ1n) is 16.6. The van der Waals surface area contributed by atoms with Crippen molar-refractivity contribution in [3.05, 3.63) is 101 Å². The van der Waals surface area contributed by atoms with Crippen molar-refractivity contribution in [2.45, 2.75) is 80.1 Å². The van der Waals surface area contributed by atoms with E-state index in [1.54, 1.807) is 66.7 Å². The molecule has 3 aromatic rings. The number of carbonyl (C=O) groups excluding carboxylic acids is 4. The molecule has 6 rings (SSSR count). The maximum Gasteiger partial charge on any atom is 0.289 e. The highest BCUT2D eigenvalue weighted by Crippen LogP contribution is 2.40. The molecule has 2 aliphatic heterocycles. The highest BCUT2D eigenvalue weighted by atomic mass is 35.5. The molecule has 1 saturated heterocycles. The standard InChI is InChI=1S/C36H38ClN5O7S/c1-2-10-28(32(43)34(45)38-26-17-18-26)39-33(44)30-21-36(20-29(40-49-36)24-13-9-14-25(37)19-24)22-42(30)35(46)31(23-11-5-3-6-12-23)41-50(47,48)27-15-7-4-8-16-27/h3-9,11-16,19,26,28,30-31,41H,2,10,17-18,20-22H2,1H3,(H,38,45)(H,39,44)/t28-,30-,31?,36+/m0/s1. The van der Waals surface area contributed by atoms with Gasteiger partial charge in [0.15, 0.2) is 5.60 Å². The Kier molecular flexibility index (Phi) is 10.4. The summed E-state index contributed by atoms with van der Waals surface area (Å²) in [4.78, 5) is 62.0. The second-order valence-corrected chi connectivity index (χ2v) is 15.1. The van der Waals surface area contributed by atoms with Gasteiger partial charge in [-0.2, -0.15) is 4.72 Å². The SMILES string of the molecule is CCC[C@H](NC(=O)[C@@H]1C[C@]2(CC(c3cccc(Cl)c3)=NO2)CN1C(=O)C(NS(=O)(=O)c1ccccc1)c1ccccc1)C(=O)C(=O)NC1CC1. The third-order valence-electron chi connectivity index (χ3n) is 9.04. The molecule has 1 spiro atoms. The predicted octanol–water partition coefficient (Wildman–Crippen LogP) is 3.66. The van der Waals surface area contributed by atoms with Gasteiger partial charge in [-0.3, -0.25) is 19.2 Å². The molecule has 0 radical (unpaired) electrons. The highest BCUT2D eigenvalue weighted by Gasteiger charge is 2.55. The second-order valence-electron chi connectivity index (χ2n) is 12.9. The summed E-state index contributed by atoms with van der Waals surface area (Å²) in [6, 6.07) is 19.3. The lowest BCUT2D eigenvalue weighted by atomic mass is 9.91. The molecule has 1 aliphatic carbocycles. The van der Waals surface area contributed by atoms with Crippen LogP contribution in [0.4, 0.5) is 0 Å². The summed E-state index contributed by atoms with van der Waals surface area (Å²) >= 11 is 6.23. The van der Waals surface area contributed by atoms with Gasteiger partial charge in [0.1, 0.15) is 12.1 Å². The second kappa shape index (κ2) is 14.7. The summed E-state index contributed by atoms with van der Waals surface area (Å²) in [6.45, 7) is 1.72. The lowest BCUT2D eigenvalue weighted by Gasteiger charge is -2.29. The third kappa shape index (κ3) is 7.90. The summed E-state index contributed by atoms with van der Waals surface area (Å²) in [6.07, 6.45) is 2.51. The number of amides is 3. The van der Waals surface area contributed by atoms with Gasteiger partial charge in [0.2, 0.25) is 27.6 Å². The van der Waals surface area contributed by atoms with E-state index >= 15 is 0 Å². The third-order valence-corrected chi connectivity index (χ3v) is 10.7. The Bertz CT molecular complexity index is 1910. The van der Waals surface area contributed by atoms with Gasteiger partial charge >= 0.3 is 0 Å². The average Bonchev–Trinajstić information content (AvgIpc) is 3.71. The summed E-state index contributed by atoms with van der Waals surface area (Å²) in [5.41, 5.74) is 0.508. The van der Waals surface area contributed by atoms with Gasteiger partial charge < -0.3 is 20.4 Å². The van der Waals surface area contributed by atoms with Gasteiger partial charge in [-0.15, -0.1) is 0 Å². The molecule has 14 heteroatoms. The quantitative estimate of drug-likeness (QED) is 0.227. The van der Waals surface area contributed by atoms with Crippen molar-refractivity contribution in [1.29, 1.82) is 0 Å². The number of nitrogens with zero attached hydrogens (tertiary/aromatic N) is 2. The van der Waals surface area contributed by atoms with Crippen LogP contribution in [0, 0.1) is 0 Å². The Balaban J connectivity index is 1.32. The Morgan fingerprint density at radius 1 is 1.00 bits per heavy atom. The fourth-order valence-corrected chi connectivity index (χ4v) is 7.70. The molecule has 3 aromatic carbocycles. The van der Waals surface area contributed by atoms with E-state index in [0.717, 1.165) is 12.8 Å². The smallest absolute Gasteiger partial charge is 0.289 e. The van der Waals surface area contributed by atoms with Crippen LogP contribution in [0.1, 0.15) is 62.6 Å². The Hall–Kier alpha value is -4.59. The number of benzene rings is 3. The number of halogens is 1. The number of carbonyl (C=O) groups is 4. The lowest BCUT2D eigenvalue weighted by molar-refractivity contribution is -0.143. The molecular formula is C36H38ClN5O7S. The zero-order valence-electron chi connectivity index (χ0n) is 27.4. The monoisotopic (exact) mass is 719 g/mol. The van der Waals surface area contributed by atoms with Gasteiger partial charge in [-0.05, 0) is 49.1 Å². The van der Waals surface area contributed by atoms with Gasteiger partial charge in [0.25, 0.3) is 5.91 Å². The van der Waals surface area contributed by atoms with Gasteiger partial charge in [-0.25, -0.2) is 8.42 Å². The molecule has 12 nitrogen and oxygen atoms in total. The van der Waals surface area contributed by atoms with E-state index in [4.69, 9.17) is 16.4 Å². The average molecular weight is 720 g/mol. The van der Waals surface area contributed by atoms with E-state index in [1.807, 2.05) is 13.0 Å².